The Bertz CT molecular complexity index is 828. The third-order valence-corrected chi connectivity index (χ3v) is 4.90. The molecule has 0 radical (unpaired) electrons. The van der Waals surface area contributed by atoms with Gasteiger partial charge in [0.15, 0.2) is 5.13 Å². The average Bonchev–Trinajstić information content (AvgIpc) is 3.02. The van der Waals surface area contributed by atoms with Gasteiger partial charge in [-0.25, -0.2) is 9.78 Å². The van der Waals surface area contributed by atoms with E-state index in [9.17, 15) is 4.79 Å². The van der Waals surface area contributed by atoms with Gasteiger partial charge in [0.05, 0.1) is 10.2 Å². The van der Waals surface area contributed by atoms with Gasteiger partial charge in [0.25, 0.3) is 0 Å². The topological polar surface area (TPSA) is 57.3 Å². The second-order valence-electron chi connectivity index (χ2n) is 5.94. The van der Waals surface area contributed by atoms with Crippen LogP contribution in [0.25, 0.3) is 10.2 Å². The van der Waals surface area contributed by atoms with E-state index in [4.69, 9.17) is 0 Å². The molecule has 0 fully saturated rings. The largest absolute Gasteiger partial charge is 0.334 e. The highest BCUT2D eigenvalue weighted by Gasteiger charge is 2.07. The van der Waals surface area contributed by atoms with Gasteiger partial charge in [0, 0.05) is 13.1 Å². The van der Waals surface area contributed by atoms with E-state index in [2.05, 4.69) is 46.6 Å². The first-order valence-corrected chi connectivity index (χ1v) is 9.12. The van der Waals surface area contributed by atoms with Crippen molar-refractivity contribution in [1.82, 2.24) is 15.2 Å². The molecule has 2 amide bonds. The Morgan fingerprint density at radius 2 is 1.96 bits per heavy atom. The first-order chi connectivity index (χ1) is 12.1. The minimum Gasteiger partial charge on any atom is -0.334 e. The molecule has 0 atom stereocenters. The maximum atomic E-state index is 12.1. The Morgan fingerprint density at radius 3 is 2.76 bits per heavy atom. The first-order valence-electron chi connectivity index (χ1n) is 8.31. The number of rotatable bonds is 6. The van der Waals surface area contributed by atoms with Crippen LogP contribution in [0.4, 0.5) is 9.93 Å². The maximum Gasteiger partial charge on any atom is 0.321 e. The third kappa shape index (κ3) is 4.78. The van der Waals surface area contributed by atoms with Gasteiger partial charge < -0.3 is 10.2 Å². The van der Waals surface area contributed by atoms with Gasteiger partial charge in [-0.15, -0.1) is 0 Å². The Morgan fingerprint density at radius 1 is 1.16 bits per heavy atom. The zero-order valence-corrected chi connectivity index (χ0v) is 15.3. The van der Waals surface area contributed by atoms with Crippen molar-refractivity contribution in [2.24, 2.45) is 0 Å². The van der Waals surface area contributed by atoms with Gasteiger partial charge in [-0.2, -0.15) is 0 Å². The third-order valence-electron chi connectivity index (χ3n) is 3.95. The van der Waals surface area contributed by atoms with Gasteiger partial charge in [-0.3, -0.25) is 5.32 Å². The van der Waals surface area contributed by atoms with Crippen LogP contribution < -0.4 is 10.6 Å². The van der Waals surface area contributed by atoms with Crippen molar-refractivity contribution < 1.29 is 4.79 Å². The molecule has 0 spiro atoms. The molecule has 1 aromatic heterocycles. The number of anilines is 1. The SMILES string of the molecule is CCN(C)Cc1cccc(CNC(=O)Nc2nc3ccccc3s2)c1. The molecule has 6 heteroatoms. The molecule has 130 valence electrons. The van der Waals surface area contributed by atoms with E-state index in [0.717, 1.165) is 28.9 Å². The van der Waals surface area contributed by atoms with Gasteiger partial charge in [-0.1, -0.05) is 54.7 Å². The molecule has 2 N–H and O–H groups in total. The molecule has 0 aliphatic carbocycles. The lowest BCUT2D eigenvalue weighted by Gasteiger charge is -2.14. The lowest BCUT2D eigenvalue weighted by molar-refractivity contribution is 0.251. The second-order valence-corrected chi connectivity index (χ2v) is 6.98. The summed E-state index contributed by atoms with van der Waals surface area (Å²) < 4.78 is 1.06. The number of fused-ring (bicyclic) bond motifs is 1. The predicted molar refractivity (Wildman–Crippen MR) is 104 cm³/mol. The van der Waals surface area contributed by atoms with E-state index in [0.29, 0.717) is 11.7 Å². The molecule has 0 aliphatic heterocycles. The fourth-order valence-corrected chi connectivity index (χ4v) is 3.37. The van der Waals surface area contributed by atoms with Gasteiger partial charge in [0.1, 0.15) is 0 Å². The molecular formula is C19H22N4OS. The number of nitrogens with zero attached hydrogens (tertiary/aromatic N) is 2. The van der Waals surface area contributed by atoms with Crippen LogP contribution in [0.15, 0.2) is 48.5 Å². The summed E-state index contributed by atoms with van der Waals surface area (Å²) in [5, 5.41) is 6.30. The number of aromatic nitrogens is 1. The van der Waals surface area contributed by atoms with E-state index in [1.807, 2.05) is 36.4 Å². The lowest BCUT2D eigenvalue weighted by atomic mass is 10.1. The standard InChI is InChI=1S/C19H22N4OS/c1-3-23(2)13-15-8-6-7-14(11-15)12-20-18(24)22-19-21-16-9-4-5-10-17(16)25-19/h4-11H,3,12-13H2,1-2H3,(H2,20,21,22,24). The number of hydrogen-bond acceptors (Lipinski definition) is 4. The minimum absolute atomic E-state index is 0.241. The summed E-state index contributed by atoms with van der Waals surface area (Å²) in [6, 6.07) is 15.9. The average molecular weight is 354 g/mol. The maximum absolute atomic E-state index is 12.1. The van der Waals surface area contributed by atoms with Gasteiger partial charge >= 0.3 is 6.03 Å². The summed E-state index contributed by atoms with van der Waals surface area (Å²) in [6.07, 6.45) is 0. The van der Waals surface area contributed by atoms with Crippen LogP contribution in [-0.4, -0.2) is 29.5 Å². The number of hydrogen-bond donors (Lipinski definition) is 2. The molecule has 3 rings (SSSR count). The zero-order valence-electron chi connectivity index (χ0n) is 14.5. The van der Waals surface area contributed by atoms with Crippen molar-refractivity contribution in [2.45, 2.75) is 20.0 Å². The normalized spacial score (nSPS) is 11.0. The Kier molecular flexibility index (Phi) is 5.63. The summed E-state index contributed by atoms with van der Waals surface area (Å²) >= 11 is 1.47. The van der Waals surface area contributed by atoms with E-state index in [1.54, 1.807) is 0 Å². The van der Waals surface area contributed by atoms with Crippen LogP contribution in [0.3, 0.4) is 0 Å². The predicted octanol–water partition coefficient (Wildman–Crippen LogP) is 4.07. The van der Waals surface area contributed by atoms with Crippen molar-refractivity contribution in [1.29, 1.82) is 0 Å². The van der Waals surface area contributed by atoms with Gasteiger partial charge in [0.2, 0.25) is 0 Å². The molecule has 0 saturated carbocycles. The van der Waals surface area contributed by atoms with Crippen molar-refractivity contribution in [3.63, 3.8) is 0 Å². The molecule has 0 unspecified atom stereocenters. The number of carbonyl (C=O) groups excluding carboxylic acids is 1. The molecule has 0 aliphatic rings. The monoisotopic (exact) mass is 354 g/mol. The first kappa shape index (κ1) is 17.4. The van der Waals surface area contributed by atoms with E-state index >= 15 is 0 Å². The number of para-hydroxylation sites is 1. The number of thiazole rings is 1. The van der Waals surface area contributed by atoms with Crippen molar-refractivity contribution in [3.05, 3.63) is 59.7 Å². The molecular weight excluding hydrogens is 332 g/mol. The fraction of sp³-hybridized carbons (Fsp3) is 0.263. The smallest absolute Gasteiger partial charge is 0.321 e. The number of nitrogens with one attached hydrogen (secondary N) is 2. The zero-order chi connectivity index (χ0) is 17.6. The van der Waals surface area contributed by atoms with Crippen LogP contribution in [-0.2, 0) is 13.1 Å². The van der Waals surface area contributed by atoms with Crippen LogP contribution >= 0.6 is 11.3 Å². The van der Waals surface area contributed by atoms with Crippen molar-refractivity contribution >= 4 is 32.7 Å². The molecule has 0 saturated heterocycles. The van der Waals surface area contributed by atoms with E-state index in [1.165, 1.54) is 16.9 Å². The van der Waals surface area contributed by atoms with Crippen LogP contribution in [0.1, 0.15) is 18.1 Å². The second kappa shape index (κ2) is 8.09. The molecule has 5 nitrogen and oxygen atoms in total. The van der Waals surface area contributed by atoms with Crippen molar-refractivity contribution in [2.75, 3.05) is 18.9 Å². The summed E-state index contributed by atoms with van der Waals surface area (Å²) in [5.74, 6) is 0. The summed E-state index contributed by atoms with van der Waals surface area (Å²) in [5.41, 5.74) is 3.23. The van der Waals surface area contributed by atoms with E-state index in [-0.39, 0.29) is 6.03 Å². The summed E-state index contributed by atoms with van der Waals surface area (Å²) in [4.78, 5) is 18.8. The highest BCUT2D eigenvalue weighted by atomic mass is 32.1. The Balaban J connectivity index is 1.56. The van der Waals surface area contributed by atoms with Crippen LogP contribution in [0.2, 0.25) is 0 Å². The fourth-order valence-electron chi connectivity index (χ4n) is 2.51. The van der Waals surface area contributed by atoms with Crippen LogP contribution in [0, 0.1) is 0 Å². The number of urea groups is 1. The van der Waals surface area contributed by atoms with Crippen LogP contribution in [0.5, 0.6) is 0 Å². The molecule has 2 aromatic carbocycles. The lowest BCUT2D eigenvalue weighted by Crippen LogP contribution is -2.28. The number of carbonyl (C=O) groups is 1. The number of amides is 2. The number of benzene rings is 2. The molecule has 0 bridgehead atoms. The minimum atomic E-state index is -0.241. The quantitative estimate of drug-likeness (QED) is 0.701. The summed E-state index contributed by atoms with van der Waals surface area (Å²) in [7, 11) is 2.09. The Hall–Kier alpha value is -2.44. The highest BCUT2D eigenvalue weighted by molar-refractivity contribution is 7.22. The van der Waals surface area contributed by atoms with E-state index < -0.39 is 0 Å². The molecule has 1 heterocycles. The highest BCUT2D eigenvalue weighted by Crippen LogP contribution is 2.25. The molecule has 25 heavy (non-hydrogen) atoms. The summed E-state index contributed by atoms with van der Waals surface area (Å²) in [6.45, 7) is 4.54. The van der Waals surface area contributed by atoms with Gasteiger partial charge in [-0.05, 0) is 36.9 Å². The Labute approximate surface area is 151 Å². The van der Waals surface area contributed by atoms with Crippen molar-refractivity contribution in [3.8, 4) is 0 Å². The molecule has 3 aromatic rings.